The Kier molecular flexibility index (Phi) is 3.43. The first-order valence-corrected chi connectivity index (χ1v) is 5.95. The van der Waals surface area contributed by atoms with Gasteiger partial charge in [-0.3, -0.25) is 0 Å². The van der Waals surface area contributed by atoms with E-state index in [0.717, 1.165) is 10.9 Å². The van der Waals surface area contributed by atoms with Crippen molar-refractivity contribution in [1.29, 1.82) is 0 Å². The fourth-order valence-electron chi connectivity index (χ4n) is 1.31. The molecule has 0 amide bonds. The highest BCUT2D eigenvalue weighted by atomic mass is 32.2. The number of carboxylic acid groups (broad SMARTS) is 1. The quantitative estimate of drug-likeness (QED) is 0.837. The number of nitrogens with zero attached hydrogens (tertiary/aromatic N) is 3. The van der Waals surface area contributed by atoms with Gasteiger partial charge >= 0.3 is 5.97 Å². The van der Waals surface area contributed by atoms with E-state index in [0.29, 0.717) is 5.75 Å². The molecule has 0 atom stereocenters. The molecule has 0 spiro atoms. The summed E-state index contributed by atoms with van der Waals surface area (Å²) in [7, 11) is 1.91. The van der Waals surface area contributed by atoms with Crippen LogP contribution in [0.25, 0.3) is 0 Å². The van der Waals surface area contributed by atoms with E-state index >= 15 is 0 Å². The third-order valence-corrected chi connectivity index (χ3v) is 3.24. The Morgan fingerprint density at radius 1 is 1.53 bits per heavy atom. The number of pyridine rings is 1. The lowest BCUT2D eigenvalue weighted by molar-refractivity contribution is 0.0690. The predicted octanol–water partition coefficient (Wildman–Crippen LogP) is 1.81. The molecule has 2 aromatic heterocycles. The molecule has 2 rings (SSSR count). The zero-order chi connectivity index (χ0) is 12.3. The smallest absolute Gasteiger partial charge is 0.354 e. The zero-order valence-corrected chi connectivity index (χ0v) is 10.0. The molecule has 0 aliphatic heterocycles. The summed E-state index contributed by atoms with van der Waals surface area (Å²) in [5, 5.41) is 9.70. The summed E-state index contributed by atoms with van der Waals surface area (Å²) in [6, 6.07) is 4.99. The molecule has 0 radical (unpaired) electrons. The highest BCUT2D eigenvalue weighted by molar-refractivity contribution is 7.98. The molecule has 0 unspecified atom stereocenters. The molecule has 0 aliphatic carbocycles. The van der Waals surface area contributed by atoms with Gasteiger partial charge < -0.3 is 9.67 Å². The van der Waals surface area contributed by atoms with E-state index in [9.17, 15) is 4.79 Å². The maximum absolute atomic E-state index is 10.8. The van der Waals surface area contributed by atoms with Crippen LogP contribution in [0.5, 0.6) is 0 Å². The summed E-state index contributed by atoms with van der Waals surface area (Å²) in [5.41, 5.74) is 0.806. The number of aromatic nitrogens is 3. The molecule has 88 valence electrons. The molecule has 0 aromatic carbocycles. The molecule has 0 aliphatic rings. The number of carboxylic acids is 1. The van der Waals surface area contributed by atoms with Crippen molar-refractivity contribution in [2.75, 3.05) is 0 Å². The summed E-state index contributed by atoms with van der Waals surface area (Å²) < 4.78 is 1.91. The van der Waals surface area contributed by atoms with Gasteiger partial charge in [0, 0.05) is 25.2 Å². The van der Waals surface area contributed by atoms with Crippen molar-refractivity contribution in [3.8, 4) is 0 Å². The minimum Gasteiger partial charge on any atom is -0.477 e. The third kappa shape index (κ3) is 2.85. The van der Waals surface area contributed by atoms with Gasteiger partial charge in [-0.15, -0.1) is 0 Å². The second kappa shape index (κ2) is 5.01. The molecule has 0 fully saturated rings. The minimum atomic E-state index is -1.01. The van der Waals surface area contributed by atoms with E-state index in [1.54, 1.807) is 12.3 Å². The van der Waals surface area contributed by atoms with Gasteiger partial charge in [-0.1, -0.05) is 17.8 Å². The number of hydrogen-bond donors (Lipinski definition) is 1. The predicted molar refractivity (Wildman–Crippen MR) is 64.0 cm³/mol. The van der Waals surface area contributed by atoms with Crippen molar-refractivity contribution in [2.45, 2.75) is 10.9 Å². The Balaban J connectivity index is 2.07. The summed E-state index contributed by atoms with van der Waals surface area (Å²) in [5.74, 6) is -0.403. The first-order valence-electron chi connectivity index (χ1n) is 4.96. The van der Waals surface area contributed by atoms with E-state index in [-0.39, 0.29) is 5.69 Å². The van der Waals surface area contributed by atoms with Gasteiger partial charge in [-0.2, -0.15) is 0 Å². The second-order valence-corrected chi connectivity index (χ2v) is 4.37. The largest absolute Gasteiger partial charge is 0.477 e. The Bertz CT molecular complexity index is 539. The van der Waals surface area contributed by atoms with Crippen LogP contribution in [0.3, 0.4) is 0 Å². The van der Waals surface area contributed by atoms with Gasteiger partial charge in [-0.25, -0.2) is 14.8 Å². The zero-order valence-electron chi connectivity index (χ0n) is 9.20. The fourth-order valence-corrected chi connectivity index (χ4v) is 2.15. The van der Waals surface area contributed by atoms with Crippen LogP contribution in [0.4, 0.5) is 0 Å². The molecule has 0 saturated carbocycles. The van der Waals surface area contributed by atoms with Crippen molar-refractivity contribution < 1.29 is 9.90 Å². The standard InChI is InChI=1S/C11H11N3O2S/c1-14-6-5-12-11(14)17-7-8-3-2-4-9(13-8)10(15)16/h2-6H,7H2,1H3,(H,15,16). The number of aryl methyl sites for hydroxylation is 1. The Labute approximate surface area is 103 Å². The van der Waals surface area contributed by atoms with Crippen molar-refractivity contribution in [2.24, 2.45) is 7.05 Å². The molecule has 5 nitrogen and oxygen atoms in total. The molecule has 2 aromatic rings. The van der Waals surface area contributed by atoms with Crippen LogP contribution in [-0.4, -0.2) is 25.6 Å². The summed E-state index contributed by atoms with van der Waals surface area (Å²) in [6.45, 7) is 0. The monoisotopic (exact) mass is 249 g/mol. The SMILES string of the molecule is Cn1ccnc1SCc1cccc(C(=O)O)n1. The van der Waals surface area contributed by atoms with E-state index < -0.39 is 5.97 Å². The molecule has 0 bridgehead atoms. The van der Waals surface area contributed by atoms with Crippen molar-refractivity contribution >= 4 is 17.7 Å². The number of carbonyl (C=O) groups is 1. The first kappa shape index (κ1) is 11.7. The van der Waals surface area contributed by atoms with Crippen molar-refractivity contribution in [1.82, 2.24) is 14.5 Å². The van der Waals surface area contributed by atoms with Crippen molar-refractivity contribution in [3.05, 3.63) is 42.0 Å². The first-order chi connectivity index (χ1) is 8.16. The van der Waals surface area contributed by atoms with Crippen LogP contribution in [0.15, 0.2) is 35.7 Å². The number of thioether (sulfide) groups is 1. The summed E-state index contributed by atoms with van der Waals surface area (Å²) in [4.78, 5) is 19.0. The van der Waals surface area contributed by atoms with E-state index in [1.165, 1.54) is 17.8 Å². The molecule has 2 heterocycles. The van der Waals surface area contributed by atoms with Gasteiger partial charge in [-0.05, 0) is 12.1 Å². The lowest BCUT2D eigenvalue weighted by Gasteiger charge is -2.02. The number of imidazole rings is 1. The molecule has 1 N–H and O–H groups in total. The van der Waals surface area contributed by atoms with Crippen LogP contribution >= 0.6 is 11.8 Å². The normalized spacial score (nSPS) is 10.4. The van der Waals surface area contributed by atoms with Gasteiger partial charge in [0.25, 0.3) is 0 Å². The van der Waals surface area contributed by atoms with E-state index in [2.05, 4.69) is 9.97 Å². The highest BCUT2D eigenvalue weighted by Gasteiger charge is 2.06. The van der Waals surface area contributed by atoms with Crippen molar-refractivity contribution in [3.63, 3.8) is 0 Å². The maximum Gasteiger partial charge on any atom is 0.354 e. The molecular weight excluding hydrogens is 238 g/mol. The van der Waals surface area contributed by atoms with Gasteiger partial charge in [0.05, 0.1) is 5.69 Å². The molecule has 17 heavy (non-hydrogen) atoms. The Hall–Kier alpha value is -1.82. The Morgan fingerprint density at radius 2 is 2.35 bits per heavy atom. The lowest BCUT2D eigenvalue weighted by atomic mass is 10.3. The fraction of sp³-hybridized carbons (Fsp3) is 0.182. The van der Waals surface area contributed by atoms with E-state index in [4.69, 9.17) is 5.11 Å². The summed E-state index contributed by atoms with van der Waals surface area (Å²) >= 11 is 1.52. The molecule has 0 saturated heterocycles. The van der Waals surface area contributed by atoms with E-state index in [1.807, 2.05) is 23.9 Å². The van der Waals surface area contributed by atoms with Gasteiger partial charge in [0.1, 0.15) is 5.69 Å². The average Bonchev–Trinajstić information content (AvgIpc) is 2.72. The highest BCUT2D eigenvalue weighted by Crippen LogP contribution is 2.19. The maximum atomic E-state index is 10.8. The van der Waals surface area contributed by atoms with Crippen LogP contribution in [-0.2, 0) is 12.8 Å². The lowest BCUT2D eigenvalue weighted by Crippen LogP contribution is -2.02. The third-order valence-electron chi connectivity index (χ3n) is 2.15. The Morgan fingerprint density at radius 3 is 3.00 bits per heavy atom. The van der Waals surface area contributed by atoms with Gasteiger partial charge in [0.2, 0.25) is 0 Å². The minimum absolute atomic E-state index is 0.0722. The van der Waals surface area contributed by atoms with Gasteiger partial charge in [0.15, 0.2) is 5.16 Å². The number of hydrogen-bond acceptors (Lipinski definition) is 4. The average molecular weight is 249 g/mol. The molecule has 6 heteroatoms. The topological polar surface area (TPSA) is 68.0 Å². The van der Waals surface area contributed by atoms with Crippen LogP contribution < -0.4 is 0 Å². The van der Waals surface area contributed by atoms with Crippen LogP contribution in [0, 0.1) is 0 Å². The van der Waals surface area contributed by atoms with Crippen LogP contribution in [0.1, 0.15) is 16.2 Å². The molecular formula is C11H11N3O2S. The number of aromatic carboxylic acids is 1. The van der Waals surface area contributed by atoms with Crippen LogP contribution in [0.2, 0.25) is 0 Å². The second-order valence-electron chi connectivity index (χ2n) is 3.43. The number of rotatable bonds is 4. The summed E-state index contributed by atoms with van der Waals surface area (Å²) in [6.07, 6.45) is 3.59.